The van der Waals surface area contributed by atoms with E-state index in [-0.39, 0.29) is 36.1 Å². The van der Waals surface area contributed by atoms with Crippen molar-refractivity contribution in [1.82, 2.24) is 0 Å². The third kappa shape index (κ3) is 5.63. The van der Waals surface area contributed by atoms with Gasteiger partial charge in [0.2, 0.25) is 0 Å². The van der Waals surface area contributed by atoms with Gasteiger partial charge in [0.15, 0.2) is 0 Å². The Kier molecular flexibility index (Phi) is 7.23. The summed E-state index contributed by atoms with van der Waals surface area (Å²) in [6.45, 7) is 2.36. The van der Waals surface area contributed by atoms with E-state index < -0.39 is 5.97 Å². The van der Waals surface area contributed by atoms with Crippen molar-refractivity contribution in [2.24, 2.45) is 10.9 Å². The number of phenols is 2. The van der Waals surface area contributed by atoms with E-state index in [2.05, 4.69) is 5.16 Å². The number of fused-ring (bicyclic) bond motifs is 1. The molecule has 0 aliphatic carbocycles. The van der Waals surface area contributed by atoms with E-state index in [9.17, 15) is 15.0 Å². The monoisotopic (exact) mass is 360 g/mol. The minimum atomic E-state index is -0.660. The lowest BCUT2D eigenvalue weighted by Crippen LogP contribution is -2.16. The predicted octanol–water partition coefficient (Wildman–Crippen LogP) is 2.42. The van der Waals surface area contributed by atoms with E-state index in [4.69, 9.17) is 15.3 Å². The number of hydrogen-bond acceptors (Lipinski definition) is 7. The van der Waals surface area contributed by atoms with Gasteiger partial charge in [0.05, 0.1) is 12.3 Å². The van der Waals surface area contributed by atoms with Crippen LogP contribution < -0.4 is 5.73 Å². The summed E-state index contributed by atoms with van der Waals surface area (Å²) in [7, 11) is 0. The summed E-state index contributed by atoms with van der Waals surface area (Å²) in [4.78, 5) is 17.5. The van der Waals surface area contributed by atoms with E-state index in [0.29, 0.717) is 30.7 Å². The number of esters is 1. The summed E-state index contributed by atoms with van der Waals surface area (Å²) in [6, 6.07) is 2.36. The van der Waals surface area contributed by atoms with Crippen LogP contribution in [0.3, 0.4) is 0 Å². The van der Waals surface area contributed by atoms with Gasteiger partial charge in [0.25, 0.3) is 0 Å². The lowest BCUT2D eigenvalue weighted by molar-refractivity contribution is 0.0507. The van der Waals surface area contributed by atoms with Crippen molar-refractivity contribution in [3.8, 4) is 11.5 Å². The highest BCUT2D eigenvalue weighted by Gasteiger charge is 2.20. The van der Waals surface area contributed by atoms with Gasteiger partial charge in [-0.1, -0.05) is 23.4 Å². The second-order valence-electron chi connectivity index (χ2n) is 5.83. The molecule has 0 spiro atoms. The number of benzene rings is 1. The quantitative estimate of drug-likeness (QED) is 0.424. The van der Waals surface area contributed by atoms with Crippen molar-refractivity contribution in [3.05, 3.63) is 47.6 Å². The molecule has 0 fully saturated rings. The molecule has 26 heavy (non-hydrogen) atoms. The highest BCUT2D eigenvalue weighted by Crippen LogP contribution is 2.29. The summed E-state index contributed by atoms with van der Waals surface area (Å²) >= 11 is 0. The summed E-state index contributed by atoms with van der Waals surface area (Å²) in [6.07, 6.45) is 8.64. The molecule has 0 saturated heterocycles. The Morgan fingerprint density at radius 2 is 2.15 bits per heavy atom. The maximum atomic E-state index is 12.4. The second-order valence-corrected chi connectivity index (χ2v) is 5.83. The van der Waals surface area contributed by atoms with Gasteiger partial charge in [0, 0.05) is 18.5 Å². The first-order chi connectivity index (χ1) is 12.5. The number of aromatic hydroxyl groups is 2. The third-order valence-electron chi connectivity index (χ3n) is 3.69. The molecular weight excluding hydrogens is 336 g/mol. The normalized spacial score (nSPS) is 22.8. The predicted molar refractivity (Wildman–Crippen MR) is 98.3 cm³/mol. The molecule has 7 nitrogen and oxygen atoms in total. The van der Waals surface area contributed by atoms with Crippen LogP contribution in [0.25, 0.3) is 0 Å². The van der Waals surface area contributed by atoms with Crippen LogP contribution in [0, 0.1) is 0 Å². The van der Waals surface area contributed by atoms with Gasteiger partial charge >= 0.3 is 5.97 Å². The maximum absolute atomic E-state index is 12.4. The first-order valence-corrected chi connectivity index (χ1v) is 8.50. The summed E-state index contributed by atoms with van der Waals surface area (Å²) in [5.74, 6) is -1.15. The molecule has 0 radical (unpaired) electrons. The topological polar surface area (TPSA) is 114 Å². The fraction of sp³-hybridized carbons (Fsp3) is 0.368. The lowest BCUT2D eigenvalue weighted by Gasteiger charge is -2.13. The average molecular weight is 360 g/mol. The standard InChI is InChI=1S/C19H24N2O5/c1-2-26-21-15-8-5-7-14(20)6-3-4-9-25-19(24)18-13(10-15)11-16(22)12-17(18)23/h3,5-6,8,11-12,14,22-23H,2,4,7,9-10,20H2,1H3/b6-3+,8-5+,21-15-. The van der Waals surface area contributed by atoms with Crippen molar-refractivity contribution >= 4 is 11.7 Å². The number of carbonyl (C=O) groups is 1. The lowest BCUT2D eigenvalue weighted by atomic mass is 9.99. The average Bonchev–Trinajstić information content (AvgIpc) is 2.57. The Hall–Kier alpha value is -2.80. The smallest absolute Gasteiger partial charge is 0.342 e. The first kappa shape index (κ1) is 19.5. The zero-order valence-electron chi connectivity index (χ0n) is 14.7. The van der Waals surface area contributed by atoms with Gasteiger partial charge in [-0.15, -0.1) is 0 Å². The Balaban J connectivity index is 2.43. The van der Waals surface area contributed by atoms with Gasteiger partial charge in [-0.3, -0.25) is 0 Å². The second kappa shape index (κ2) is 9.62. The molecule has 1 unspecified atom stereocenters. The van der Waals surface area contributed by atoms with Crippen LogP contribution in [0.2, 0.25) is 0 Å². The summed E-state index contributed by atoms with van der Waals surface area (Å²) < 4.78 is 5.22. The minimum Gasteiger partial charge on any atom is -0.508 e. The number of phenolic OH excluding ortho intramolecular Hbond substituents is 2. The first-order valence-electron chi connectivity index (χ1n) is 8.50. The Morgan fingerprint density at radius 3 is 2.92 bits per heavy atom. The van der Waals surface area contributed by atoms with Crippen molar-refractivity contribution in [3.63, 3.8) is 0 Å². The van der Waals surface area contributed by atoms with Crippen molar-refractivity contribution in [1.29, 1.82) is 0 Å². The minimum absolute atomic E-state index is 0.0122. The van der Waals surface area contributed by atoms with E-state index in [0.717, 1.165) is 6.07 Å². The van der Waals surface area contributed by atoms with Crippen LogP contribution in [0.1, 0.15) is 35.7 Å². The number of carbonyl (C=O) groups excluding carboxylic acids is 1. The largest absolute Gasteiger partial charge is 0.508 e. The number of nitrogens with zero attached hydrogens (tertiary/aromatic N) is 1. The fourth-order valence-electron chi connectivity index (χ4n) is 2.51. The SMILES string of the molecule is CCO/N=C1/C=C/CC(N)/C=C/CCOC(=O)c2c(O)cc(O)cc2C1. The zero-order chi connectivity index (χ0) is 18.9. The highest BCUT2D eigenvalue weighted by molar-refractivity contribution is 6.00. The molecule has 4 N–H and O–H groups in total. The van der Waals surface area contributed by atoms with Crippen molar-refractivity contribution < 1.29 is 24.6 Å². The van der Waals surface area contributed by atoms with Crippen LogP contribution in [-0.4, -0.2) is 41.1 Å². The van der Waals surface area contributed by atoms with Crippen LogP contribution in [0.15, 0.2) is 41.6 Å². The van der Waals surface area contributed by atoms with Crippen LogP contribution >= 0.6 is 0 Å². The summed E-state index contributed by atoms with van der Waals surface area (Å²) in [5, 5.41) is 24.0. The number of nitrogens with two attached hydrogens (primary N) is 1. The molecule has 1 aliphatic heterocycles. The zero-order valence-corrected chi connectivity index (χ0v) is 14.7. The Bertz CT molecular complexity index is 725. The number of rotatable bonds is 2. The van der Waals surface area contributed by atoms with Gasteiger partial charge in [-0.05, 0) is 37.5 Å². The number of allylic oxidation sites excluding steroid dienone is 1. The molecule has 0 amide bonds. The number of oxime groups is 1. The van der Waals surface area contributed by atoms with E-state index in [1.165, 1.54) is 6.07 Å². The molecule has 140 valence electrons. The number of hydrogen-bond donors (Lipinski definition) is 3. The highest BCUT2D eigenvalue weighted by atomic mass is 16.6. The van der Waals surface area contributed by atoms with Gasteiger partial charge in [0.1, 0.15) is 23.7 Å². The number of cyclic esters (lactones) is 1. The molecule has 1 aromatic rings. The van der Waals surface area contributed by atoms with E-state index >= 15 is 0 Å². The molecule has 7 heteroatoms. The van der Waals surface area contributed by atoms with Crippen molar-refractivity contribution in [2.75, 3.05) is 13.2 Å². The van der Waals surface area contributed by atoms with Crippen LogP contribution in [0.4, 0.5) is 0 Å². The van der Waals surface area contributed by atoms with E-state index in [1.54, 1.807) is 13.0 Å². The molecular formula is C19H24N2O5. The van der Waals surface area contributed by atoms with Gasteiger partial charge in [-0.25, -0.2) is 4.79 Å². The fourth-order valence-corrected chi connectivity index (χ4v) is 2.51. The Labute approximate surface area is 152 Å². The van der Waals surface area contributed by atoms with Crippen LogP contribution in [0.5, 0.6) is 11.5 Å². The van der Waals surface area contributed by atoms with Crippen molar-refractivity contribution in [2.45, 2.75) is 32.2 Å². The summed E-state index contributed by atoms with van der Waals surface area (Å²) in [5.41, 5.74) is 6.93. The maximum Gasteiger partial charge on any atom is 0.342 e. The van der Waals surface area contributed by atoms with Gasteiger partial charge < -0.3 is 25.5 Å². The molecule has 0 bridgehead atoms. The molecule has 0 saturated carbocycles. The third-order valence-corrected chi connectivity index (χ3v) is 3.69. The molecule has 0 aromatic heterocycles. The molecule has 1 aliphatic rings. The molecule has 1 atom stereocenters. The van der Waals surface area contributed by atoms with Gasteiger partial charge in [-0.2, -0.15) is 0 Å². The molecule has 2 rings (SSSR count). The Morgan fingerprint density at radius 1 is 1.35 bits per heavy atom. The molecule has 1 aromatic carbocycles. The van der Waals surface area contributed by atoms with Crippen LogP contribution in [-0.2, 0) is 16.0 Å². The molecule has 1 heterocycles. The number of ether oxygens (including phenoxy) is 1. The van der Waals surface area contributed by atoms with E-state index in [1.807, 2.05) is 18.2 Å².